The van der Waals surface area contributed by atoms with Crippen molar-refractivity contribution in [2.45, 2.75) is 38.0 Å². The van der Waals surface area contributed by atoms with Crippen molar-refractivity contribution in [2.75, 3.05) is 0 Å². The molecule has 1 fully saturated rings. The predicted octanol–water partition coefficient (Wildman–Crippen LogP) is -0.358. The molecule has 0 bridgehead atoms. The average molecular weight is 144 g/mol. The quantitative estimate of drug-likeness (QED) is 0.496. The predicted molar refractivity (Wildman–Crippen MR) is 38.1 cm³/mol. The summed E-state index contributed by atoms with van der Waals surface area (Å²) in [4.78, 5) is 0. The highest BCUT2D eigenvalue weighted by Crippen LogP contribution is 2.19. The Labute approximate surface area is 61.1 Å². The van der Waals surface area contributed by atoms with Gasteiger partial charge in [-0.05, 0) is 19.8 Å². The normalized spacial score (nSPS) is 40.5. The number of aliphatic hydroxyl groups excluding tert-OH is 2. The van der Waals surface area contributed by atoms with Crippen molar-refractivity contribution >= 4 is 0 Å². The van der Waals surface area contributed by atoms with Crippen molar-refractivity contribution in [3.8, 4) is 0 Å². The monoisotopic (exact) mass is 144 g/mol. The van der Waals surface area contributed by atoms with Crippen LogP contribution in [-0.2, 0) is 0 Å². The third kappa shape index (κ3) is 1.68. The Balaban J connectivity index is 2.27. The second-order valence-corrected chi connectivity index (χ2v) is 2.76. The molecule has 1 aliphatic carbocycles. The van der Waals surface area contributed by atoms with Crippen LogP contribution in [0.2, 0.25) is 0 Å². The minimum Gasteiger partial charge on any atom is -0.390 e. The van der Waals surface area contributed by atoms with Gasteiger partial charge in [0.25, 0.3) is 0 Å². The van der Waals surface area contributed by atoms with Gasteiger partial charge in [0.05, 0.1) is 12.2 Å². The van der Waals surface area contributed by atoms with E-state index in [9.17, 15) is 0 Å². The van der Waals surface area contributed by atoms with E-state index in [1.165, 1.54) is 0 Å². The van der Waals surface area contributed by atoms with E-state index >= 15 is 0 Å². The second-order valence-electron chi connectivity index (χ2n) is 2.76. The number of hydrogen-bond acceptors (Lipinski definition) is 3. The highest BCUT2D eigenvalue weighted by Gasteiger charge is 2.30. The summed E-state index contributed by atoms with van der Waals surface area (Å²) in [6.45, 7) is 3.74. The molecule has 3 heteroatoms. The molecular weight excluding hydrogens is 130 g/mol. The van der Waals surface area contributed by atoms with Gasteiger partial charge in [-0.15, -0.1) is 0 Å². The summed E-state index contributed by atoms with van der Waals surface area (Å²) >= 11 is 0. The average Bonchev–Trinajstić information content (AvgIpc) is 2.14. The van der Waals surface area contributed by atoms with E-state index in [1.807, 2.05) is 13.5 Å². The fraction of sp³-hybridized carbons (Fsp3) is 0.857. The molecular formula is C7H14NO2. The zero-order valence-corrected chi connectivity index (χ0v) is 6.12. The van der Waals surface area contributed by atoms with Crippen molar-refractivity contribution in [3.05, 3.63) is 6.54 Å². The number of aliphatic hydroxyl groups is 2. The van der Waals surface area contributed by atoms with E-state index in [2.05, 4.69) is 5.32 Å². The maximum absolute atomic E-state index is 9.09. The minimum atomic E-state index is -0.530. The van der Waals surface area contributed by atoms with Crippen LogP contribution in [-0.4, -0.2) is 28.5 Å². The van der Waals surface area contributed by atoms with Gasteiger partial charge < -0.3 is 15.5 Å². The first-order valence-electron chi connectivity index (χ1n) is 3.64. The van der Waals surface area contributed by atoms with Gasteiger partial charge in [-0.2, -0.15) is 0 Å². The molecule has 1 radical (unpaired) electrons. The van der Waals surface area contributed by atoms with Gasteiger partial charge in [-0.3, -0.25) is 0 Å². The summed E-state index contributed by atoms with van der Waals surface area (Å²) in [5.74, 6) is 0. The SMILES string of the molecule is C[CH]N[C@@H]1C[C@@H](O)[C@@H](O)C1. The van der Waals surface area contributed by atoms with Crippen LogP contribution >= 0.6 is 0 Å². The maximum atomic E-state index is 9.09. The molecule has 0 aromatic heterocycles. The molecule has 3 N–H and O–H groups in total. The van der Waals surface area contributed by atoms with Crippen LogP contribution in [0.5, 0.6) is 0 Å². The lowest BCUT2D eigenvalue weighted by Crippen LogP contribution is -2.23. The molecule has 0 spiro atoms. The molecule has 0 amide bonds. The second kappa shape index (κ2) is 3.32. The van der Waals surface area contributed by atoms with E-state index < -0.39 is 12.2 Å². The van der Waals surface area contributed by atoms with E-state index in [0.29, 0.717) is 12.8 Å². The Hall–Kier alpha value is -0.120. The molecule has 0 aromatic rings. The highest BCUT2D eigenvalue weighted by atomic mass is 16.3. The number of nitrogens with one attached hydrogen (secondary N) is 1. The Morgan fingerprint density at radius 2 is 1.80 bits per heavy atom. The van der Waals surface area contributed by atoms with E-state index in [0.717, 1.165) is 0 Å². The van der Waals surface area contributed by atoms with E-state index in [4.69, 9.17) is 10.2 Å². The van der Waals surface area contributed by atoms with Crippen molar-refractivity contribution in [1.29, 1.82) is 0 Å². The first kappa shape index (κ1) is 7.98. The molecule has 1 aliphatic rings. The summed E-state index contributed by atoms with van der Waals surface area (Å²) in [7, 11) is 0. The van der Waals surface area contributed by atoms with Crippen molar-refractivity contribution in [3.63, 3.8) is 0 Å². The lowest BCUT2D eigenvalue weighted by atomic mass is 10.2. The topological polar surface area (TPSA) is 52.5 Å². The zero-order chi connectivity index (χ0) is 7.56. The van der Waals surface area contributed by atoms with Gasteiger partial charge in [0.2, 0.25) is 0 Å². The number of hydrogen-bond donors (Lipinski definition) is 3. The van der Waals surface area contributed by atoms with Crippen molar-refractivity contribution in [1.82, 2.24) is 5.32 Å². The zero-order valence-electron chi connectivity index (χ0n) is 6.12. The first-order chi connectivity index (χ1) is 4.74. The van der Waals surface area contributed by atoms with Gasteiger partial charge in [-0.25, -0.2) is 0 Å². The van der Waals surface area contributed by atoms with Gasteiger partial charge in [0.1, 0.15) is 0 Å². The maximum Gasteiger partial charge on any atom is 0.0814 e. The molecule has 1 saturated carbocycles. The van der Waals surface area contributed by atoms with Crippen LogP contribution in [0.3, 0.4) is 0 Å². The van der Waals surface area contributed by atoms with Crippen LogP contribution in [0.1, 0.15) is 19.8 Å². The molecule has 0 unspecified atom stereocenters. The smallest absolute Gasteiger partial charge is 0.0814 e. The summed E-state index contributed by atoms with van der Waals surface area (Å²) in [6, 6.07) is 0.259. The minimum absolute atomic E-state index is 0.259. The van der Waals surface area contributed by atoms with Crippen molar-refractivity contribution < 1.29 is 10.2 Å². The summed E-state index contributed by atoms with van der Waals surface area (Å²) in [6.07, 6.45) is 0.256. The molecule has 0 aromatic carbocycles. The molecule has 0 aliphatic heterocycles. The van der Waals surface area contributed by atoms with E-state index in [1.54, 1.807) is 0 Å². The standard InChI is InChI=1S/C7H14NO2/c1-2-8-5-3-6(9)7(10)4-5/h2,5-10H,3-4H2,1H3/t5-,6-,7+. The van der Waals surface area contributed by atoms with Gasteiger partial charge >= 0.3 is 0 Å². The Morgan fingerprint density at radius 1 is 1.30 bits per heavy atom. The fourth-order valence-corrected chi connectivity index (χ4v) is 1.37. The van der Waals surface area contributed by atoms with Crippen LogP contribution in [0.25, 0.3) is 0 Å². The van der Waals surface area contributed by atoms with Crippen LogP contribution in [0.15, 0.2) is 0 Å². The molecule has 3 nitrogen and oxygen atoms in total. The summed E-state index contributed by atoms with van der Waals surface area (Å²) < 4.78 is 0. The van der Waals surface area contributed by atoms with Gasteiger partial charge in [0, 0.05) is 12.6 Å². The highest BCUT2D eigenvalue weighted by molar-refractivity contribution is 4.88. The lowest BCUT2D eigenvalue weighted by Gasteiger charge is -2.07. The van der Waals surface area contributed by atoms with E-state index in [-0.39, 0.29) is 6.04 Å². The van der Waals surface area contributed by atoms with Gasteiger partial charge in [0.15, 0.2) is 0 Å². The Morgan fingerprint density at radius 3 is 2.20 bits per heavy atom. The number of rotatable bonds is 2. The lowest BCUT2D eigenvalue weighted by molar-refractivity contribution is 0.0438. The van der Waals surface area contributed by atoms with Crippen LogP contribution in [0, 0.1) is 6.54 Å². The molecule has 1 rings (SSSR count). The molecule has 0 saturated heterocycles. The fourth-order valence-electron chi connectivity index (χ4n) is 1.37. The Bertz CT molecular complexity index is 97.8. The van der Waals surface area contributed by atoms with Crippen LogP contribution in [0.4, 0.5) is 0 Å². The summed E-state index contributed by atoms with van der Waals surface area (Å²) in [5.41, 5.74) is 0. The molecule has 59 valence electrons. The summed E-state index contributed by atoms with van der Waals surface area (Å²) in [5, 5.41) is 21.2. The van der Waals surface area contributed by atoms with Crippen molar-refractivity contribution in [2.24, 2.45) is 0 Å². The third-order valence-electron chi connectivity index (χ3n) is 1.90. The van der Waals surface area contributed by atoms with Gasteiger partial charge in [-0.1, -0.05) is 0 Å². The third-order valence-corrected chi connectivity index (χ3v) is 1.90. The van der Waals surface area contributed by atoms with Crippen LogP contribution < -0.4 is 5.32 Å². The molecule has 10 heavy (non-hydrogen) atoms. The molecule has 0 heterocycles. The Kier molecular flexibility index (Phi) is 2.65. The first-order valence-corrected chi connectivity index (χ1v) is 3.64. The largest absolute Gasteiger partial charge is 0.390 e. The molecule has 3 atom stereocenters.